The Hall–Kier alpha value is -1.91. The van der Waals surface area contributed by atoms with Crippen LogP contribution in [-0.4, -0.2) is 34.8 Å². The van der Waals surface area contributed by atoms with Crippen molar-refractivity contribution in [3.8, 4) is 0 Å². The number of anilines is 1. The van der Waals surface area contributed by atoms with Gasteiger partial charge >= 0.3 is 0 Å². The Morgan fingerprint density at radius 1 is 1.12 bits per heavy atom. The molecule has 2 amide bonds. The van der Waals surface area contributed by atoms with Gasteiger partial charge in [0.2, 0.25) is 11.8 Å². The third-order valence-corrected chi connectivity index (χ3v) is 10.4. The van der Waals surface area contributed by atoms with Crippen LogP contribution < -0.4 is 5.32 Å². The monoisotopic (exact) mass is 437 g/mol. The van der Waals surface area contributed by atoms with E-state index in [9.17, 15) is 9.59 Å². The van der Waals surface area contributed by atoms with Gasteiger partial charge in [0.15, 0.2) is 0 Å². The summed E-state index contributed by atoms with van der Waals surface area (Å²) in [6.45, 7) is 5.03. The second kappa shape index (κ2) is 8.14. The highest BCUT2D eigenvalue weighted by Gasteiger charge is 2.60. The van der Waals surface area contributed by atoms with Crippen molar-refractivity contribution in [3.05, 3.63) is 24.5 Å². The van der Waals surface area contributed by atoms with Gasteiger partial charge in [-0.1, -0.05) is 13.8 Å². The van der Waals surface area contributed by atoms with E-state index in [1.54, 1.807) is 12.4 Å². The maximum absolute atomic E-state index is 12.5. The molecular formula is C27H39N3O2. The lowest BCUT2D eigenvalue weighted by Gasteiger charge is -2.62. The summed E-state index contributed by atoms with van der Waals surface area (Å²) in [5.74, 6) is 3.44. The molecule has 3 aliphatic carbocycles. The van der Waals surface area contributed by atoms with E-state index >= 15 is 0 Å². The summed E-state index contributed by atoms with van der Waals surface area (Å²) in [5, 5.41) is 3.01. The van der Waals surface area contributed by atoms with Crippen molar-refractivity contribution < 1.29 is 9.59 Å². The molecule has 0 aromatic carbocycles. The van der Waals surface area contributed by atoms with Crippen molar-refractivity contribution in [2.75, 3.05) is 12.4 Å². The van der Waals surface area contributed by atoms with E-state index in [2.05, 4.69) is 29.0 Å². The molecule has 5 nitrogen and oxygen atoms in total. The fraction of sp³-hybridized carbons (Fsp3) is 0.741. The normalized spacial score (nSPS) is 40.9. The summed E-state index contributed by atoms with van der Waals surface area (Å²) >= 11 is 0. The van der Waals surface area contributed by atoms with Crippen LogP contribution in [-0.2, 0) is 9.59 Å². The highest BCUT2D eigenvalue weighted by molar-refractivity contribution is 5.90. The third kappa shape index (κ3) is 3.47. The number of pyridine rings is 1. The summed E-state index contributed by atoms with van der Waals surface area (Å²) in [7, 11) is 2.04. The van der Waals surface area contributed by atoms with Crippen LogP contribution in [0.3, 0.4) is 0 Å². The molecule has 5 heteroatoms. The van der Waals surface area contributed by atoms with E-state index in [1.165, 1.54) is 38.5 Å². The van der Waals surface area contributed by atoms with E-state index in [-0.39, 0.29) is 11.3 Å². The molecule has 0 unspecified atom stereocenters. The lowest BCUT2D eigenvalue weighted by molar-refractivity contribution is -0.158. The number of carbonyl (C=O) groups excluding carboxylic acids is 2. The van der Waals surface area contributed by atoms with Crippen LogP contribution in [0.15, 0.2) is 24.5 Å². The topological polar surface area (TPSA) is 62.3 Å². The van der Waals surface area contributed by atoms with Crippen LogP contribution in [0.4, 0.5) is 5.69 Å². The van der Waals surface area contributed by atoms with Crippen molar-refractivity contribution >= 4 is 17.5 Å². The molecule has 0 bridgehead atoms. The Labute approximate surface area is 192 Å². The Morgan fingerprint density at radius 3 is 2.72 bits per heavy atom. The van der Waals surface area contributed by atoms with Gasteiger partial charge in [-0.15, -0.1) is 0 Å². The molecule has 7 atom stereocenters. The standard InChI is InChI=1S/C27H39N3O2/c1-26-14-12-22-20(8-10-23-27(22,2)15-13-25(32)30(23)3)21(26)9-6-18(26)7-11-24(31)29-19-5-4-16-28-17-19/h4-5,16-18,20-23H,6-15H2,1-3H3,(H,29,31)/t18-,20+,21+,22+,23-,26-,27-/m1/s1. The van der Waals surface area contributed by atoms with Gasteiger partial charge in [0.05, 0.1) is 11.9 Å². The first kappa shape index (κ1) is 21.9. The van der Waals surface area contributed by atoms with Gasteiger partial charge in [-0.2, -0.15) is 0 Å². The molecule has 3 saturated carbocycles. The third-order valence-electron chi connectivity index (χ3n) is 10.4. The van der Waals surface area contributed by atoms with E-state index in [0.717, 1.165) is 42.7 Å². The van der Waals surface area contributed by atoms with Gasteiger partial charge in [0, 0.05) is 32.1 Å². The van der Waals surface area contributed by atoms with Crippen molar-refractivity contribution in [2.24, 2.45) is 34.5 Å². The summed E-state index contributed by atoms with van der Waals surface area (Å²) in [5.41, 5.74) is 1.44. The number of nitrogens with one attached hydrogen (secondary N) is 1. The minimum atomic E-state index is 0.113. The number of amides is 2. The molecule has 1 N–H and O–H groups in total. The van der Waals surface area contributed by atoms with Crippen molar-refractivity contribution in [3.63, 3.8) is 0 Å². The van der Waals surface area contributed by atoms with E-state index < -0.39 is 0 Å². The molecule has 0 spiro atoms. The average Bonchev–Trinajstić information content (AvgIpc) is 3.12. The molecule has 1 aromatic heterocycles. The lowest BCUT2D eigenvalue weighted by atomic mass is 9.46. The zero-order valence-electron chi connectivity index (χ0n) is 20.0. The number of hydrogen-bond acceptors (Lipinski definition) is 3. The Kier molecular flexibility index (Phi) is 5.58. The maximum Gasteiger partial charge on any atom is 0.224 e. The molecule has 32 heavy (non-hydrogen) atoms. The van der Waals surface area contributed by atoms with E-state index in [1.807, 2.05) is 19.2 Å². The number of carbonyl (C=O) groups is 2. The number of fused-ring (bicyclic) bond motifs is 5. The molecule has 4 fully saturated rings. The van der Waals surface area contributed by atoms with Gasteiger partial charge in [-0.05, 0) is 98.0 Å². The van der Waals surface area contributed by atoms with Crippen LogP contribution >= 0.6 is 0 Å². The first-order valence-electron chi connectivity index (χ1n) is 12.8. The molecule has 1 saturated heterocycles. The molecule has 0 radical (unpaired) electrons. The molecule has 1 aromatic rings. The predicted octanol–water partition coefficient (Wildman–Crippen LogP) is 5.28. The van der Waals surface area contributed by atoms with E-state index in [0.29, 0.717) is 29.7 Å². The quantitative estimate of drug-likeness (QED) is 0.697. The van der Waals surface area contributed by atoms with Crippen LogP contribution in [0.1, 0.15) is 78.1 Å². The summed E-state index contributed by atoms with van der Waals surface area (Å²) in [4.78, 5) is 31.1. The second-order valence-corrected chi connectivity index (χ2v) is 11.6. The predicted molar refractivity (Wildman–Crippen MR) is 126 cm³/mol. The minimum absolute atomic E-state index is 0.113. The summed E-state index contributed by atoms with van der Waals surface area (Å²) in [6, 6.07) is 4.18. The van der Waals surface area contributed by atoms with Gasteiger partial charge in [-0.3, -0.25) is 14.6 Å². The van der Waals surface area contributed by atoms with Gasteiger partial charge in [0.25, 0.3) is 0 Å². The molecule has 1 aliphatic heterocycles. The first-order chi connectivity index (χ1) is 15.3. The second-order valence-electron chi connectivity index (χ2n) is 11.6. The number of piperidine rings is 1. The highest BCUT2D eigenvalue weighted by atomic mass is 16.2. The molecule has 4 aliphatic rings. The Bertz CT molecular complexity index is 873. The average molecular weight is 438 g/mol. The Morgan fingerprint density at radius 2 is 1.94 bits per heavy atom. The zero-order chi connectivity index (χ0) is 22.5. The fourth-order valence-electron chi connectivity index (χ4n) is 8.70. The summed E-state index contributed by atoms with van der Waals surface area (Å²) < 4.78 is 0. The molecule has 174 valence electrons. The smallest absolute Gasteiger partial charge is 0.224 e. The van der Waals surface area contributed by atoms with Gasteiger partial charge < -0.3 is 10.2 Å². The fourth-order valence-corrected chi connectivity index (χ4v) is 8.70. The number of aromatic nitrogens is 1. The number of rotatable bonds is 4. The van der Waals surface area contributed by atoms with Crippen molar-refractivity contribution in [2.45, 2.75) is 84.1 Å². The zero-order valence-corrected chi connectivity index (χ0v) is 20.0. The van der Waals surface area contributed by atoms with Crippen LogP contribution in [0.25, 0.3) is 0 Å². The van der Waals surface area contributed by atoms with Crippen molar-refractivity contribution in [1.29, 1.82) is 0 Å². The van der Waals surface area contributed by atoms with Gasteiger partial charge in [-0.25, -0.2) is 0 Å². The largest absolute Gasteiger partial charge is 0.342 e. The molecule has 5 rings (SSSR count). The first-order valence-corrected chi connectivity index (χ1v) is 12.8. The summed E-state index contributed by atoms with van der Waals surface area (Å²) in [6.07, 6.45) is 14.4. The SMILES string of the molecule is CN1C(=O)CC[C@]2(C)[C@H]3CC[C@]4(C)[C@@H](CCC(=O)Nc5cccnc5)CC[C@H]4[C@@H]3CC[C@@H]12. The van der Waals surface area contributed by atoms with E-state index in [4.69, 9.17) is 0 Å². The number of likely N-dealkylation sites (tertiary alicyclic amines) is 1. The lowest BCUT2D eigenvalue weighted by Crippen LogP contribution is -2.61. The number of nitrogens with zero attached hydrogens (tertiary/aromatic N) is 2. The Balaban J connectivity index is 1.25. The molecular weight excluding hydrogens is 398 g/mol. The minimum Gasteiger partial charge on any atom is -0.342 e. The number of hydrogen-bond donors (Lipinski definition) is 1. The van der Waals surface area contributed by atoms with Crippen LogP contribution in [0, 0.1) is 34.5 Å². The highest BCUT2D eigenvalue weighted by Crippen LogP contribution is 2.66. The van der Waals surface area contributed by atoms with Gasteiger partial charge in [0.1, 0.15) is 0 Å². The van der Waals surface area contributed by atoms with Crippen LogP contribution in [0.2, 0.25) is 0 Å². The van der Waals surface area contributed by atoms with Crippen molar-refractivity contribution in [1.82, 2.24) is 9.88 Å². The maximum atomic E-state index is 12.5. The van der Waals surface area contributed by atoms with Crippen LogP contribution in [0.5, 0.6) is 0 Å². The molecule has 2 heterocycles.